The van der Waals surface area contributed by atoms with E-state index in [9.17, 15) is 12.8 Å². The number of rotatable bonds is 7. The van der Waals surface area contributed by atoms with Gasteiger partial charge in [0.25, 0.3) is 10.0 Å². The molecular formula is C26H20F2N2O4S. The highest BCUT2D eigenvalue weighted by Crippen LogP contribution is 2.38. The lowest BCUT2D eigenvalue weighted by atomic mass is 10.1. The van der Waals surface area contributed by atoms with Gasteiger partial charge in [0.2, 0.25) is 5.69 Å². The minimum Gasteiger partial charge on any atom is -0.501 e. The van der Waals surface area contributed by atoms with Crippen molar-refractivity contribution in [1.82, 2.24) is 3.97 Å². The molecule has 0 N–H and O–H groups in total. The Morgan fingerprint density at radius 2 is 1.80 bits per heavy atom. The molecule has 0 bridgehead atoms. The van der Waals surface area contributed by atoms with Crippen LogP contribution in [0.15, 0.2) is 72.0 Å². The number of aromatic nitrogens is 1. The molecule has 9 heteroatoms. The van der Waals surface area contributed by atoms with E-state index in [0.717, 1.165) is 27.7 Å². The maximum atomic E-state index is 15.4. The van der Waals surface area contributed by atoms with Crippen LogP contribution in [0.25, 0.3) is 21.8 Å². The number of benzene rings is 3. The molecule has 35 heavy (non-hydrogen) atoms. The summed E-state index contributed by atoms with van der Waals surface area (Å²) >= 11 is 0. The summed E-state index contributed by atoms with van der Waals surface area (Å²) in [6, 6.07) is 12.4. The van der Waals surface area contributed by atoms with Crippen LogP contribution >= 0.6 is 0 Å². The molecule has 0 spiro atoms. The number of nitrogens with zero attached hydrogens (tertiary/aromatic N) is 2. The number of fused-ring (bicyclic) bond motifs is 1. The van der Waals surface area contributed by atoms with E-state index in [1.807, 2.05) is 6.92 Å². The molecule has 3 aromatic carbocycles. The van der Waals surface area contributed by atoms with Gasteiger partial charge in [0, 0.05) is 23.2 Å². The fourth-order valence-corrected chi connectivity index (χ4v) is 4.85. The molecule has 0 aliphatic carbocycles. The summed E-state index contributed by atoms with van der Waals surface area (Å²) in [7, 11) is -4.00. The number of aryl methyl sites for hydroxylation is 1. The Balaban J connectivity index is 1.89. The normalized spacial score (nSPS) is 11.6. The monoisotopic (exact) mass is 494 g/mol. The third-order valence-corrected chi connectivity index (χ3v) is 6.94. The Morgan fingerprint density at radius 3 is 2.49 bits per heavy atom. The second-order valence-electron chi connectivity index (χ2n) is 7.55. The molecule has 0 atom stereocenters. The van der Waals surface area contributed by atoms with Gasteiger partial charge in [-0.05, 0) is 56.3 Å². The van der Waals surface area contributed by atoms with Gasteiger partial charge in [0.05, 0.1) is 29.9 Å². The molecule has 1 aromatic heterocycles. The van der Waals surface area contributed by atoms with Crippen molar-refractivity contribution >= 4 is 32.7 Å². The minimum absolute atomic E-state index is 0.0495. The SMILES string of the molecule is [C-]#[N+]c1cc(Oc2c(F)cc3c(ccn3S(=O)(=O)c3ccc(C)cc3)c2/C=C/OCC)ccc1F. The molecule has 1 heterocycles. The lowest BCUT2D eigenvalue weighted by Gasteiger charge is -2.14. The largest absolute Gasteiger partial charge is 0.501 e. The maximum absolute atomic E-state index is 15.4. The first kappa shape index (κ1) is 24.0. The van der Waals surface area contributed by atoms with E-state index < -0.39 is 21.7 Å². The van der Waals surface area contributed by atoms with Crippen molar-refractivity contribution in [2.24, 2.45) is 0 Å². The number of halogens is 2. The minimum atomic E-state index is -4.00. The molecule has 4 rings (SSSR count). The molecule has 0 saturated heterocycles. The fourth-order valence-electron chi connectivity index (χ4n) is 3.51. The van der Waals surface area contributed by atoms with Gasteiger partial charge in [0.15, 0.2) is 11.6 Å². The van der Waals surface area contributed by atoms with Gasteiger partial charge >= 0.3 is 0 Å². The van der Waals surface area contributed by atoms with E-state index in [0.29, 0.717) is 12.0 Å². The number of hydrogen-bond acceptors (Lipinski definition) is 4. The third-order valence-electron chi connectivity index (χ3n) is 5.24. The number of ether oxygens (including phenoxy) is 2. The molecule has 0 aliphatic rings. The first-order valence-corrected chi connectivity index (χ1v) is 12.0. The Hall–Kier alpha value is -4.16. The predicted octanol–water partition coefficient (Wildman–Crippen LogP) is 6.82. The smallest absolute Gasteiger partial charge is 0.268 e. The van der Waals surface area contributed by atoms with Gasteiger partial charge in [-0.1, -0.05) is 17.7 Å². The third kappa shape index (κ3) is 4.61. The molecule has 0 amide bonds. The van der Waals surface area contributed by atoms with Crippen molar-refractivity contribution in [2.45, 2.75) is 18.7 Å². The molecular weight excluding hydrogens is 474 g/mol. The van der Waals surface area contributed by atoms with Crippen molar-refractivity contribution in [2.75, 3.05) is 6.61 Å². The standard InChI is InChI=1S/C26H20F2N2O4S/c1-4-33-14-12-21-20-11-13-30(35(31,32)19-8-5-17(2)6-9-19)25(20)16-23(28)26(21)34-18-7-10-22(27)24(15-18)29-3/h5-16H,4H2,1-2H3/b14-12+. The molecule has 0 unspecified atom stereocenters. The Labute approximate surface area is 201 Å². The van der Waals surface area contributed by atoms with E-state index in [4.69, 9.17) is 16.0 Å². The fraction of sp³-hybridized carbons (Fsp3) is 0.115. The van der Waals surface area contributed by atoms with Crippen LogP contribution in [-0.2, 0) is 14.8 Å². The first-order chi connectivity index (χ1) is 16.8. The Bertz CT molecular complexity index is 1580. The van der Waals surface area contributed by atoms with Gasteiger partial charge in [-0.3, -0.25) is 0 Å². The topological polar surface area (TPSA) is 61.9 Å². The zero-order chi connectivity index (χ0) is 25.2. The highest BCUT2D eigenvalue weighted by molar-refractivity contribution is 7.90. The van der Waals surface area contributed by atoms with Gasteiger partial charge in [-0.2, -0.15) is 0 Å². The maximum Gasteiger partial charge on any atom is 0.268 e. The second-order valence-corrected chi connectivity index (χ2v) is 9.36. The summed E-state index contributed by atoms with van der Waals surface area (Å²) in [5, 5.41) is 0.389. The molecule has 0 aliphatic heterocycles. The van der Waals surface area contributed by atoms with Crippen LogP contribution in [0.2, 0.25) is 0 Å². The molecule has 0 radical (unpaired) electrons. The van der Waals surface area contributed by atoms with Gasteiger partial charge in [0.1, 0.15) is 11.6 Å². The first-order valence-electron chi connectivity index (χ1n) is 10.5. The van der Waals surface area contributed by atoms with Crippen LogP contribution in [0, 0.1) is 25.1 Å². The van der Waals surface area contributed by atoms with Crippen LogP contribution in [0.4, 0.5) is 14.5 Å². The van der Waals surface area contributed by atoms with Crippen molar-refractivity contribution in [3.05, 3.63) is 101 Å². The van der Waals surface area contributed by atoms with Crippen molar-refractivity contribution < 1.29 is 26.7 Å². The summed E-state index contributed by atoms with van der Waals surface area (Å²) in [6.45, 7) is 11.1. The van der Waals surface area contributed by atoms with Crippen molar-refractivity contribution in [3.63, 3.8) is 0 Å². The van der Waals surface area contributed by atoms with E-state index in [2.05, 4.69) is 4.85 Å². The summed E-state index contributed by atoms with van der Waals surface area (Å²) in [6.07, 6.45) is 4.16. The molecule has 178 valence electrons. The highest BCUT2D eigenvalue weighted by Gasteiger charge is 2.23. The van der Waals surface area contributed by atoms with E-state index >= 15 is 4.39 Å². The highest BCUT2D eigenvalue weighted by atomic mass is 32.2. The Morgan fingerprint density at radius 1 is 1.06 bits per heavy atom. The van der Waals surface area contributed by atoms with Crippen LogP contribution in [-0.4, -0.2) is 19.0 Å². The lowest BCUT2D eigenvalue weighted by Crippen LogP contribution is -2.12. The molecule has 0 fully saturated rings. The van der Waals surface area contributed by atoms with Crippen LogP contribution in [0.1, 0.15) is 18.1 Å². The molecule has 4 aromatic rings. The lowest BCUT2D eigenvalue weighted by molar-refractivity contribution is 0.272. The summed E-state index contributed by atoms with van der Waals surface area (Å²) in [5.74, 6) is -1.74. The van der Waals surface area contributed by atoms with Gasteiger partial charge in [-0.25, -0.2) is 26.0 Å². The second kappa shape index (κ2) is 9.60. The zero-order valence-electron chi connectivity index (χ0n) is 18.8. The molecule has 0 saturated carbocycles. The average Bonchev–Trinajstić information content (AvgIpc) is 3.26. The van der Waals surface area contributed by atoms with E-state index in [1.165, 1.54) is 42.8 Å². The summed E-state index contributed by atoms with van der Waals surface area (Å²) < 4.78 is 67.7. The number of hydrogen-bond donors (Lipinski definition) is 0. The van der Waals surface area contributed by atoms with Crippen LogP contribution < -0.4 is 4.74 Å². The van der Waals surface area contributed by atoms with Crippen molar-refractivity contribution in [3.8, 4) is 11.5 Å². The van der Waals surface area contributed by atoms with Crippen LogP contribution in [0.5, 0.6) is 11.5 Å². The van der Waals surface area contributed by atoms with Crippen molar-refractivity contribution in [1.29, 1.82) is 0 Å². The van der Waals surface area contributed by atoms with Gasteiger partial charge in [-0.15, -0.1) is 0 Å². The summed E-state index contributed by atoms with van der Waals surface area (Å²) in [4.78, 5) is 3.15. The quantitative estimate of drug-likeness (QED) is 0.209. The Kier molecular flexibility index (Phi) is 6.58. The van der Waals surface area contributed by atoms with E-state index in [-0.39, 0.29) is 33.2 Å². The van der Waals surface area contributed by atoms with Crippen LogP contribution in [0.3, 0.4) is 0 Å². The summed E-state index contributed by atoms with van der Waals surface area (Å²) in [5.41, 5.74) is 0.956. The van der Waals surface area contributed by atoms with E-state index in [1.54, 1.807) is 19.1 Å². The van der Waals surface area contributed by atoms with Gasteiger partial charge < -0.3 is 9.47 Å². The predicted molar refractivity (Wildman–Crippen MR) is 129 cm³/mol. The zero-order valence-corrected chi connectivity index (χ0v) is 19.6. The molecule has 6 nitrogen and oxygen atoms in total. The average molecular weight is 495 g/mol.